The summed E-state index contributed by atoms with van der Waals surface area (Å²) >= 11 is 0. The minimum Gasteiger partial charge on any atom is -0.458 e. The SMILES string of the molecule is CC(C)C[C@@H](C(=O)N[C@H](C(=O)OC(C)(C)C)C1CCCCC1)[C@H](O)C(=O)NO. The van der Waals surface area contributed by atoms with Crippen molar-refractivity contribution in [3.05, 3.63) is 0 Å². The Morgan fingerprint density at radius 2 is 1.64 bits per heavy atom. The number of aliphatic hydroxyl groups is 1. The first kappa shape index (κ1) is 24.4. The Morgan fingerprint density at radius 1 is 1.07 bits per heavy atom. The van der Waals surface area contributed by atoms with Crippen LogP contribution in [0, 0.1) is 17.8 Å². The molecule has 0 radical (unpaired) electrons. The normalized spacial score (nSPS) is 18.9. The van der Waals surface area contributed by atoms with Crippen LogP contribution in [0.2, 0.25) is 0 Å². The van der Waals surface area contributed by atoms with E-state index in [1.165, 1.54) is 5.48 Å². The molecule has 0 aliphatic heterocycles. The highest BCUT2D eigenvalue weighted by molar-refractivity contribution is 5.91. The third-order valence-electron chi connectivity index (χ3n) is 4.90. The van der Waals surface area contributed by atoms with Crippen LogP contribution in [0.3, 0.4) is 0 Å². The van der Waals surface area contributed by atoms with E-state index in [4.69, 9.17) is 9.94 Å². The first-order valence-electron chi connectivity index (χ1n) is 10.1. The average Bonchev–Trinajstić information content (AvgIpc) is 2.61. The van der Waals surface area contributed by atoms with Gasteiger partial charge in [-0.15, -0.1) is 0 Å². The maximum absolute atomic E-state index is 12.9. The standard InChI is InChI=1S/C20H36N2O6/c1-12(2)11-14(16(23)18(25)22-27)17(24)21-15(13-9-7-6-8-10-13)19(26)28-20(3,4)5/h12-16,23,27H,6-11H2,1-5H3,(H,21,24)(H,22,25)/t14-,15+,16+/m1/s1. The molecule has 0 bridgehead atoms. The van der Waals surface area contributed by atoms with E-state index in [1.54, 1.807) is 20.8 Å². The smallest absolute Gasteiger partial charge is 0.329 e. The van der Waals surface area contributed by atoms with E-state index in [0.29, 0.717) is 0 Å². The summed E-state index contributed by atoms with van der Waals surface area (Å²) in [6.45, 7) is 9.01. The van der Waals surface area contributed by atoms with Gasteiger partial charge in [-0.3, -0.25) is 14.8 Å². The molecule has 0 saturated heterocycles. The molecule has 28 heavy (non-hydrogen) atoms. The summed E-state index contributed by atoms with van der Waals surface area (Å²) in [5, 5.41) is 21.7. The van der Waals surface area contributed by atoms with E-state index < -0.39 is 41.4 Å². The van der Waals surface area contributed by atoms with Crippen molar-refractivity contribution in [2.45, 2.75) is 90.9 Å². The van der Waals surface area contributed by atoms with Crippen LogP contribution in [-0.4, -0.2) is 45.8 Å². The summed E-state index contributed by atoms with van der Waals surface area (Å²) in [5.74, 6) is -3.25. The molecule has 1 fully saturated rings. The van der Waals surface area contributed by atoms with Gasteiger partial charge in [0.05, 0.1) is 5.92 Å². The van der Waals surface area contributed by atoms with Crippen LogP contribution in [0.15, 0.2) is 0 Å². The van der Waals surface area contributed by atoms with Gasteiger partial charge in [0.1, 0.15) is 17.7 Å². The summed E-state index contributed by atoms with van der Waals surface area (Å²) < 4.78 is 5.51. The van der Waals surface area contributed by atoms with Gasteiger partial charge in [0.2, 0.25) is 5.91 Å². The van der Waals surface area contributed by atoms with Crippen LogP contribution in [-0.2, 0) is 19.1 Å². The number of carbonyl (C=O) groups is 3. The van der Waals surface area contributed by atoms with Gasteiger partial charge in [-0.25, -0.2) is 10.3 Å². The van der Waals surface area contributed by atoms with Crippen LogP contribution in [0.1, 0.15) is 73.1 Å². The number of aliphatic hydroxyl groups excluding tert-OH is 1. The van der Waals surface area contributed by atoms with Gasteiger partial charge in [-0.05, 0) is 51.9 Å². The minimum absolute atomic E-state index is 0.0200. The molecule has 4 N–H and O–H groups in total. The molecular weight excluding hydrogens is 364 g/mol. The van der Waals surface area contributed by atoms with Crippen molar-refractivity contribution in [1.29, 1.82) is 0 Å². The molecular formula is C20H36N2O6. The molecule has 2 amide bonds. The number of rotatable bonds is 8. The second-order valence-corrected chi connectivity index (χ2v) is 9.07. The molecule has 0 aromatic carbocycles. The number of amides is 2. The third-order valence-corrected chi connectivity index (χ3v) is 4.90. The number of esters is 1. The molecule has 8 nitrogen and oxygen atoms in total. The molecule has 3 atom stereocenters. The summed E-state index contributed by atoms with van der Waals surface area (Å²) in [7, 11) is 0. The second kappa shape index (κ2) is 10.8. The Bertz CT molecular complexity index is 537. The van der Waals surface area contributed by atoms with E-state index in [-0.39, 0.29) is 18.3 Å². The van der Waals surface area contributed by atoms with Crippen LogP contribution in [0.4, 0.5) is 0 Å². The van der Waals surface area contributed by atoms with Crippen molar-refractivity contribution < 1.29 is 29.4 Å². The van der Waals surface area contributed by atoms with Gasteiger partial charge < -0.3 is 15.2 Å². The Labute approximate surface area is 167 Å². The highest BCUT2D eigenvalue weighted by atomic mass is 16.6. The zero-order valence-corrected chi connectivity index (χ0v) is 17.7. The van der Waals surface area contributed by atoms with Crippen LogP contribution < -0.4 is 10.8 Å². The summed E-state index contributed by atoms with van der Waals surface area (Å²) in [5.41, 5.74) is 0.691. The molecule has 0 heterocycles. The molecule has 0 spiro atoms. The van der Waals surface area contributed by atoms with Crippen LogP contribution in [0.25, 0.3) is 0 Å². The van der Waals surface area contributed by atoms with Crippen molar-refractivity contribution >= 4 is 17.8 Å². The average molecular weight is 401 g/mol. The minimum atomic E-state index is -1.71. The van der Waals surface area contributed by atoms with E-state index in [0.717, 1.165) is 32.1 Å². The van der Waals surface area contributed by atoms with E-state index >= 15 is 0 Å². The molecule has 162 valence electrons. The number of carbonyl (C=O) groups excluding carboxylic acids is 3. The molecule has 1 aliphatic carbocycles. The quantitative estimate of drug-likeness (QED) is 0.280. The van der Waals surface area contributed by atoms with E-state index in [1.807, 2.05) is 13.8 Å². The van der Waals surface area contributed by atoms with Gasteiger partial charge >= 0.3 is 5.97 Å². The summed E-state index contributed by atoms with van der Waals surface area (Å²) in [4.78, 5) is 37.4. The van der Waals surface area contributed by atoms with Gasteiger partial charge in [0.25, 0.3) is 5.91 Å². The van der Waals surface area contributed by atoms with Crippen molar-refractivity contribution in [2.75, 3.05) is 0 Å². The predicted octanol–water partition coefficient (Wildman–Crippen LogP) is 1.92. The third kappa shape index (κ3) is 7.75. The fourth-order valence-electron chi connectivity index (χ4n) is 3.60. The van der Waals surface area contributed by atoms with E-state index in [9.17, 15) is 19.5 Å². The molecule has 0 unspecified atom stereocenters. The Hall–Kier alpha value is -1.67. The topological polar surface area (TPSA) is 125 Å². The number of hydrogen-bond donors (Lipinski definition) is 4. The highest BCUT2D eigenvalue weighted by Gasteiger charge is 2.38. The second-order valence-electron chi connectivity index (χ2n) is 9.07. The fourth-order valence-corrected chi connectivity index (χ4v) is 3.60. The lowest BCUT2D eigenvalue weighted by Crippen LogP contribution is -2.53. The molecule has 0 aromatic heterocycles. The van der Waals surface area contributed by atoms with Gasteiger partial charge in [-0.2, -0.15) is 0 Å². The lowest BCUT2D eigenvalue weighted by molar-refractivity contribution is -0.161. The Kier molecular flexibility index (Phi) is 9.36. The first-order valence-corrected chi connectivity index (χ1v) is 10.1. The molecule has 1 rings (SSSR count). The monoisotopic (exact) mass is 400 g/mol. The Balaban J connectivity index is 3.02. The molecule has 1 saturated carbocycles. The first-order chi connectivity index (χ1) is 13.0. The number of ether oxygens (including phenoxy) is 1. The van der Waals surface area contributed by atoms with Crippen LogP contribution >= 0.6 is 0 Å². The van der Waals surface area contributed by atoms with Crippen LogP contribution in [0.5, 0.6) is 0 Å². The number of hydroxylamine groups is 1. The number of hydrogen-bond acceptors (Lipinski definition) is 6. The van der Waals surface area contributed by atoms with Gasteiger partial charge in [-0.1, -0.05) is 33.1 Å². The van der Waals surface area contributed by atoms with Crippen molar-refractivity contribution in [3.8, 4) is 0 Å². The maximum atomic E-state index is 12.9. The van der Waals surface area contributed by atoms with Crippen molar-refractivity contribution in [2.24, 2.45) is 17.8 Å². The fraction of sp³-hybridized carbons (Fsp3) is 0.850. The maximum Gasteiger partial charge on any atom is 0.329 e. The molecule has 8 heteroatoms. The van der Waals surface area contributed by atoms with E-state index in [2.05, 4.69) is 5.32 Å². The van der Waals surface area contributed by atoms with Gasteiger partial charge in [0, 0.05) is 0 Å². The summed E-state index contributed by atoms with van der Waals surface area (Å²) in [6.07, 6.45) is 3.17. The number of nitrogens with one attached hydrogen (secondary N) is 2. The zero-order chi connectivity index (χ0) is 21.5. The van der Waals surface area contributed by atoms with Crippen molar-refractivity contribution in [1.82, 2.24) is 10.8 Å². The Morgan fingerprint density at radius 3 is 2.11 bits per heavy atom. The lowest BCUT2D eigenvalue weighted by atomic mass is 9.83. The molecule has 0 aromatic rings. The summed E-state index contributed by atoms with van der Waals surface area (Å²) in [6, 6.07) is -0.828. The van der Waals surface area contributed by atoms with Gasteiger partial charge in [0.15, 0.2) is 0 Å². The highest BCUT2D eigenvalue weighted by Crippen LogP contribution is 2.28. The zero-order valence-electron chi connectivity index (χ0n) is 17.7. The molecule has 1 aliphatic rings. The largest absolute Gasteiger partial charge is 0.458 e. The predicted molar refractivity (Wildman–Crippen MR) is 103 cm³/mol. The van der Waals surface area contributed by atoms with Crippen molar-refractivity contribution in [3.63, 3.8) is 0 Å². The lowest BCUT2D eigenvalue weighted by Gasteiger charge is -2.33.